The molecule has 5 heteroatoms. The van der Waals surface area contributed by atoms with Crippen molar-refractivity contribution in [3.63, 3.8) is 0 Å². The lowest BCUT2D eigenvalue weighted by molar-refractivity contribution is 0.0946. The molecule has 0 aliphatic rings. The molecule has 1 aromatic heterocycles. The van der Waals surface area contributed by atoms with Crippen molar-refractivity contribution in [2.24, 2.45) is 0 Å². The van der Waals surface area contributed by atoms with E-state index in [1.165, 1.54) is 0 Å². The monoisotopic (exact) mass is 336 g/mol. The second-order valence-electron chi connectivity index (χ2n) is 6.09. The summed E-state index contributed by atoms with van der Waals surface area (Å²) in [6, 6.07) is 16.4. The third-order valence-corrected chi connectivity index (χ3v) is 3.75. The Morgan fingerprint density at radius 3 is 2.56 bits per heavy atom. The van der Waals surface area contributed by atoms with E-state index in [0.29, 0.717) is 11.9 Å². The van der Waals surface area contributed by atoms with Gasteiger partial charge in [-0.25, -0.2) is 0 Å². The molecule has 0 unspecified atom stereocenters. The third kappa shape index (κ3) is 4.07. The lowest BCUT2D eigenvalue weighted by Gasteiger charge is -2.10. The summed E-state index contributed by atoms with van der Waals surface area (Å²) in [7, 11) is 0. The molecule has 0 bridgehead atoms. The van der Waals surface area contributed by atoms with Crippen molar-refractivity contribution in [1.82, 2.24) is 10.3 Å². The first-order valence-corrected chi connectivity index (χ1v) is 8.19. The molecule has 0 atom stereocenters. The highest BCUT2D eigenvalue weighted by Gasteiger charge is 2.09. The van der Waals surface area contributed by atoms with Crippen LogP contribution in [0.4, 0.5) is 0 Å². The number of hydrogen-bond acceptors (Lipinski definition) is 3. The maximum absolute atomic E-state index is 12.3. The molecule has 3 aromatic rings. The Bertz CT molecular complexity index is 943. The molecule has 128 valence electrons. The third-order valence-electron chi connectivity index (χ3n) is 3.75. The molecule has 0 radical (unpaired) electrons. The van der Waals surface area contributed by atoms with Crippen molar-refractivity contribution in [2.75, 3.05) is 0 Å². The van der Waals surface area contributed by atoms with E-state index in [4.69, 9.17) is 4.74 Å². The van der Waals surface area contributed by atoms with Crippen LogP contribution < -0.4 is 15.6 Å². The number of benzene rings is 2. The van der Waals surface area contributed by atoms with Crippen molar-refractivity contribution in [3.05, 3.63) is 76.2 Å². The largest absolute Gasteiger partial charge is 0.491 e. The number of fused-ring (bicyclic) bond motifs is 1. The van der Waals surface area contributed by atoms with Crippen molar-refractivity contribution in [2.45, 2.75) is 26.5 Å². The van der Waals surface area contributed by atoms with E-state index in [2.05, 4.69) is 10.3 Å². The van der Waals surface area contributed by atoms with Crippen molar-refractivity contribution in [3.8, 4) is 5.75 Å². The van der Waals surface area contributed by atoms with Crippen LogP contribution in [-0.2, 0) is 6.54 Å². The van der Waals surface area contributed by atoms with Crippen LogP contribution in [0.2, 0.25) is 0 Å². The molecule has 2 aromatic carbocycles. The highest BCUT2D eigenvalue weighted by Crippen LogP contribution is 2.14. The van der Waals surface area contributed by atoms with Gasteiger partial charge in [-0.1, -0.05) is 30.3 Å². The number of aromatic amines is 1. The van der Waals surface area contributed by atoms with Crippen molar-refractivity contribution in [1.29, 1.82) is 0 Å². The van der Waals surface area contributed by atoms with E-state index in [0.717, 1.165) is 16.7 Å². The van der Waals surface area contributed by atoms with Crippen LogP contribution >= 0.6 is 0 Å². The van der Waals surface area contributed by atoms with Crippen molar-refractivity contribution < 1.29 is 9.53 Å². The second-order valence-corrected chi connectivity index (χ2v) is 6.09. The molecular weight excluding hydrogens is 316 g/mol. The minimum absolute atomic E-state index is 0.121. The predicted molar refractivity (Wildman–Crippen MR) is 97.9 cm³/mol. The van der Waals surface area contributed by atoms with Gasteiger partial charge in [-0.3, -0.25) is 9.59 Å². The predicted octanol–water partition coefficient (Wildman–Crippen LogP) is 3.25. The average Bonchev–Trinajstić information content (AvgIpc) is 2.60. The molecule has 1 heterocycles. The quantitative estimate of drug-likeness (QED) is 0.751. The first kappa shape index (κ1) is 16.8. The molecule has 0 saturated carbocycles. The Morgan fingerprint density at radius 2 is 1.84 bits per heavy atom. The first-order chi connectivity index (χ1) is 12.0. The van der Waals surface area contributed by atoms with Crippen LogP contribution in [0.15, 0.2) is 59.4 Å². The standard InChI is InChI=1S/C20H20N2O3/c1-13(2)25-16-9-7-14(8-10-16)12-21-20(24)18-11-15-5-3-4-6-17(15)19(23)22-18/h3-11,13H,12H2,1-2H3,(H,21,24)(H,22,23). The van der Waals surface area contributed by atoms with Gasteiger partial charge < -0.3 is 15.0 Å². The highest BCUT2D eigenvalue weighted by molar-refractivity contribution is 5.96. The van der Waals surface area contributed by atoms with E-state index in [1.54, 1.807) is 18.2 Å². The summed E-state index contributed by atoms with van der Waals surface area (Å²) in [5.41, 5.74) is 0.939. The normalized spacial score (nSPS) is 10.8. The summed E-state index contributed by atoms with van der Waals surface area (Å²) in [6.45, 7) is 4.31. The maximum atomic E-state index is 12.3. The fraction of sp³-hybridized carbons (Fsp3) is 0.200. The molecule has 3 rings (SSSR count). The first-order valence-electron chi connectivity index (χ1n) is 8.19. The number of carbonyl (C=O) groups excluding carboxylic acids is 1. The number of carbonyl (C=O) groups is 1. The van der Waals surface area contributed by atoms with E-state index < -0.39 is 0 Å². The van der Waals surface area contributed by atoms with Crippen LogP contribution in [0.5, 0.6) is 5.75 Å². The molecular formula is C20H20N2O3. The molecule has 0 aliphatic carbocycles. The van der Waals surface area contributed by atoms with Crippen LogP contribution in [0.25, 0.3) is 10.8 Å². The summed E-state index contributed by atoms with van der Waals surface area (Å²) < 4.78 is 5.59. The summed E-state index contributed by atoms with van der Waals surface area (Å²) in [5, 5.41) is 4.13. The molecule has 1 amide bonds. The molecule has 2 N–H and O–H groups in total. The Kier molecular flexibility index (Phi) is 4.84. The van der Waals surface area contributed by atoms with E-state index in [1.807, 2.05) is 50.2 Å². The number of pyridine rings is 1. The Balaban J connectivity index is 1.69. The van der Waals surface area contributed by atoms with Crippen LogP contribution in [0.1, 0.15) is 29.9 Å². The zero-order valence-electron chi connectivity index (χ0n) is 14.2. The van der Waals surface area contributed by atoms with Gasteiger partial charge in [-0.15, -0.1) is 0 Å². The van der Waals surface area contributed by atoms with Gasteiger partial charge in [0.25, 0.3) is 11.5 Å². The van der Waals surface area contributed by atoms with E-state index >= 15 is 0 Å². The SMILES string of the molecule is CC(C)Oc1ccc(CNC(=O)c2cc3ccccc3c(=O)[nH]2)cc1. The zero-order valence-corrected chi connectivity index (χ0v) is 14.2. The molecule has 5 nitrogen and oxygen atoms in total. The van der Waals surface area contributed by atoms with E-state index in [9.17, 15) is 9.59 Å². The summed E-state index contributed by atoms with van der Waals surface area (Å²) in [4.78, 5) is 27.0. The second kappa shape index (κ2) is 7.21. The topological polar surface area (TPSA) is 71.2 Å². The summed E-state index contributed by atoms with van der Waals surface area (Å²) in [6.07, 6.45) is 0.121. The lowest BCUT2D eigenvalue weighted by Crippen LogP contribution is -2.26. The lowest BCUT2D eigenvalue weighted by atomic mass is 10.1. The highest BCUT2D eigenvalue weighted by atomic mass is 16.5. The average molecular weight is 336 g/mol. The number of H-pyrrole nitrogens is 1. The van der Waals surface area contributed by atoms with Gasteiger partial charge in [0.15, 0.2) is 0 Å². The Labute approximate surface area is 145 Å². The Hall–Kier alpha value is -3.08. The smallest absolute Gasteiger partial charge is 0.268 e. The van der Waals surface area contributed by atoms with Crippen molar-refractivity contribution >= 4 is 16.7 Å². The van der Waals surface area contributed by atoms with Gasteiger partial charge >= 0.3 is 0 Å². The number of rotatable bonds is 5. The van der Waals surface area contributed by atoms with E-state index in [-0.39, 0.29) is 23.3 Å². The van der Waals surface area contributed by atoms with Gasteiger partial charge in [-0.2, -0.15) is 0 Å². The molecule has 0 fully saturated rings. The van der Waals surface area contributed by atoms with Crippen LogP contribution in [0.3, 0.4) is 0 Å². The molecule has 25 heavy (non-hydrogen) atoms. The number of hydrogen-bond donors (Lipinski definition) is 2. The fourth-order valence-corrected chi connectivity index (χ4v) is 2.57. The number of ether oxygens (including phenoxy) is 1. The summed E-state index contributed by atoms with van der Waals surface area (Å²) >= 11 is 0. The zero-order chi connectivity index (χ0) is 17.8. The molecule has 0 aliphatic heterocycles. The molecule has 0 spiro atoms. The number of aromatic nitrogens is 1. The van der Waals surface area contributed by atoms with Crippen LogP contribution in [-0.4, -0.2) is 17.0 Å². The molecule has 0 saturated heterocycles. The minimum atomic E-state index is -0.314. The van der Waals surface area contributed by atoms with Crippen LogP contribution in [0, 0.1) is 0 Å². The fourth-order valence-electron chi connectivity index (χ4n) is 2.57. The summed E-state index contributed by atoms with van der Waals surface area (Å²) in [5.74, 6) is 0.481. The maximum Gasteiger partial charge on any atom is 0.268 e. The minimum Gasteiger partial charge on any atom is -0.491 e. The number of nitrogens with one attached hydrogen (secondary N) is 2. The number of amides is 1. The van der Waals surface area contributed by atoms with Gasteiger partial charge in [0.2, 0.25) is 0 Å². The van der Waals surface area contributed by atoms with Gasteiger partial charge in [0.05, 0.1) is 6.10 Å². The van der Waals surface area contributed by atoms with Gasteiger partial charge in [0.1, 0.15) is 11.4 Å². The van der Waals surface area contributed by atoms with Gasteiger partial charge in [-0.05, 0) is 49.1 Å². The Morgan fingerprint density at radius 1 is 1.12 bits per heavy atom. The van der Waals surface area contributed by atoms with Gasteiger partial charge in [0, 0.05) is 11.9 Å².